The minimum atomic E-state index is 0.106. The van der Waals surface area contributed by atoms with Gasteiger partial charge >= 0.3 is 0 Å². The van der Waals surface area contributed by atoms with Crippen molar-refractivity contribution in [3.8, 4) is 0 Å². The minimum Gasteiger partial charge on any atom is -0.375 e. The maximum atomic E-state index is 12.0. The van der Waals surface area contributed by atoms with Crippen LogP contribution < -0.4 is 11.1 Å². The van der Waals surface area contributed by atoms with Crippen molar-refractivity contribution >= 4 is 5.91 Å². The second-order valence-electron chi connectivity index (χ2n) is 6.31. The second kappa shape index (κ2) is 7.38. The van der Waals surface area contributed by atoms with E-state index in [1.807, 2.05) is 13.8 Å². The highest BCUT2D eigenvalue weighted by Crippen LogP contribution is 2.30. The molecular weight excluding hydrogens is 254 g/mol. The number of rotatable bonds is 5. The molecule has 3 N–H and O–H groups in total. The van der Waals surface area contributed by atoms with Gasteiger partial charge < -0.3 is 15.8 Å². The zero-order valence-corrected chi connectivity index (χ0v) is 12.8. The number of hydrogen-bond donors (Lipinski definition) is 2. The van der Waals surface area contributed by atoms with Crippen LogP contribution in [0.5, 0.6) is 0 Å². The monoisotopic (exact) mass is 283 g/mol. The van der Waals surface area contributed by atoms with Crippen molar-refractivity contribution in [2.45, 2.75) is 70.2 Å². The molecule has 1 aliphatic carbocycles. The molecule has 20 heavy (non-hydrogen) atoms. The number of amides is 1. The SMILES string of the molecule is CC(C)NC(=O)CC(CN)N1CCOC2CCCCC21. The molecule has 1 amide bonds. The van der Waals surface area contributed by atoms with Gasteiger partial charge in [0.2, 0.25) is 5.91 Å². The summed E-state index contributed by atoms with van der Waals surface area (Å²) < 4.78 is 5.89. The lowest BCUT2D eigenvalue weighted by molar-refractivity contribution is -0.127. The van der Waals surface area contributed by atoms with Crippen LogP contribution in [0.4, 0.5) is 0 Å². The molecule has 1 aliphatic heterocycles. The molecule has 0 spiro atoms. The predicted molar refractivity (Wildman–Crippen MR) is 79.4 cm³/mol. The molecule has 116 valence electrons. The van der Waals surface area contributed by atoms with E-state index in [0.717, 1.165) is 19.6 Å². The molecule has 0 radical (unpaired) electrons. The number of carbonyl (C=O) groups excluding carboxylic acids is 1. The van der Waals surface area contributed by atoms with E-state index in [0.29, 0.717) is 25.1 Å². The van der Waals surface area contributed by atoms with Crippen LogP contribution in [0.1, 0.15) is 46.0 Å². The van der Waals surface area contributed by atoms with Gasteiger partial charge in [-0.25, -0.2) is 0 Å². The highest BCUT2D eigenvalue weighted by molar-refractivity contribution is 5.76. The number of fused-ring (bicyclic) bond motifs is 1. The molecule has 5 nitrogen and oxygen atoms in total. The van der Waals surface area contributed by atoms with E-state index in [4.69, 9.17) is 10.5 Å². The van der Waals surface area contributed by atoms with Crippen molar-refractivity contribution in [3.63, 3.8) is 0 Å². The first-order valence-electron chi connectivity index (χ1n) is 7.98. The van der Waals surface area contributed by atoms with Crippen LogP contribution in [0.25, 0.3) is 0 Å². The van der Waals surface area contributed by atoms with E-state index in [9.17, 15) is 4.79 Å². The summed E-state index contributed by atoms with van der Waals surface area (Å²) in [6.45, 7) is 6.18. The lowest BCUT2D eigenvalue weighted by Crippen LogP contribution is -2.58. The molecule has 0 aromatic rings. The van der Waals surface area contributed by atoms with E-state index in [2.05, 4.69) is 10.2 Å². The number of hydrogen-bond acceptors (Lipinski definition) is 4. The van der Waals surface area contributed by atoms with Crippen LogP contribution in [-0.2, 0) is 9.53 Å². The summed E-state index contributed by atoms with van der Waals surface area (Å²) in [6, 6.07) is 0.786. The molecule has 1 heterocycles. The van der Waals surface area contributed by atoms with Crippen LogP contribution in [0.15, 0.2) is 0 Å². The summed E-state index contributed by atoms with van der Waals surface area (Å²) in [5, 5.41) is 2.97. The molecule has 1 saturated heterocycles. The van der Waals surface area contributed by atoms with E-state index in [1.54, 1.807) is 0 Å². The Morgan fingerprint density at radius 1 is 1.40 bits per heavy atom. The Balaban J connectivity index is 1.96. The first-order valence-corrected chi connectivity index (χ1v) is 7.98. The number of nitrogens with zero attached hydrogens (tertiary/aromatic N) is 1. The lowest BCUT2D eigenvalue weighted by atomic mass is 9.88. The topological polar surface area (TPSA) is 67.6 Å². The fourth-order valence-electron chi connectivity index (χ4n) is 3.51. The Morgan fingerprint density at radius 2 is 2.15 bits per heavy atom. The molecule has 0 bridgehead atoms. The zero-order valence-electron chi connectivity index (χ0n) is 12.8. The Bertz CT molecular complexity index is 320. The third-order valence-corrected chi connectivity index (χ3v) is 4.39. The van der Waals surface area contributed by atoms with Crippen molar-refractivity contribution < 1.29 is 9.53 Å². The highest BCUT2D eigenvalue weighted by Gasteiger charge is 2.37. The summed E-state index contributed by atoms with van der Waals surface area (Å²) >= 11 is 0. The van der Waals surface area contributed by atoms with Gasteiger partial charge in [0.25, 0.3) is 0 Å². The summed E-state index contributed by atoms with van der Waals surface area (Å²) in [7, 11) is 0. The minimum absolute atomic E-state index is 0.106. The van der Waals surface area contributed by atoms with Gasteiger partial charge in [-0.3, -0.25) is 9.69 Å². The number of nitrogens with two attached hydrogens (primary N) is 1. The van der Waals surface area contributed by atoms with Gasteiger partial charge in [-0.05, 0) is 26.7 Å². The maximum absolute atomic E-state index is 12.0. The van der Waals surface area contributed by atoms with Gasteiger partial charge in [0.15, 0.2) is 0 Å². The molecule has 3 unspecified atom stereocenters. The van der Waals surface area contributed by atoms with Gasteiger partial charge in [0.05, 0.1) is 12.7 Å². The molecule has 3 atom stereocenters. The van der Waals surface area contributed by atoms with E-state index in [-0.39, 0.29) is 18.0 Å². The van der Waals surface area contributed by atoms with Crippen LogP contribution in [0.2, 0.25) is 0 Å². The first kappa shape index (κ1) is 15.7. The number of nitrogens with one attached hydrogen (secondary N) is 1. The van der Waals surface area contributed by atoms with E-state index < -0.39 is 0 Å². The standard InChI is InChI=1S/C15H29N3O2/c1-11(2)17-15(19)9-12(10-16)18-7-8-20-14-6-4-3-5-13(14)18/h11-14H,3-10,16H2,1-2H3,(H,17,19). The molecule has 1 saturated carbocycles. The Kier molecular flexibility index (Phi) is 5.81. The first-order chi connectivity index (χ1) is 9.61. The van der Waals surface area contributed by atoms with Gasteiger partial charge in [-0.15, -0.1) is 0 Å². The molecule has 2 rings (SSSR count). The lowest BCUT2D eigenvalue weighted by Gasteiger charge is -2.47. The zero-order chi connectivity index (χ0) is 14.5. The van der Waals surface area contributed by atoms with Crippen LogP contribution in [0.3, 0.4) is 0 Å². The van der Waals surface area contributed by atoms with Crippen LogP contribution in [0, 0.1) is 0 Å². The summed E-state index contributed by atoms with van der Waals surface area (Å²) in [4.78, 5) is 14.4. The second-order valence-corrected chi connectivity index (χ2v) is 6.31. The third kappa shape index (κ3) is 3.93. The largest absolute Gasteiger partial charge is 0.375 e. The Hall–Kier alpha value is -0.650. The summed E-state index contributed by atoms with van der Waals surface area (Å²) in [5.41, 5.74) is 5.94. The molecule has 2 fully saturated rings. The molecule has 2 aliphatic rings. The van der Waals surface area contributed by atoms with Gasteiger partial charge in [-0.2, -0.15) is 0 Å². The van der Waals surface area contributed by atoms with Crippen molar-refractivity contribution in [2.75, 3.05) is 19.7 Å². The van der Waals surface area contributed by atoms with Gasteiger partial charge in [-0.1, -0.05) is 12.8 Å². The summed E-state index contributed by atoms with van der Waals surface area (Å²) in [5.74, 6) is 0.106. The molecule has 5 heteroatoms. The molecule has 0 aromatic carbocycles. The number of ether oxygens (including phenoxy) is 1. The van der Waals surface area contributed by atoms with Crippen LogP contribution in [-0.4, -0.2) is 54.7 Å². The molecular formula is C15H29N3O2. The predicted octanol–water partition coefficient (Wildman–Crippen LogP) is 0.872. The van der Waals surface area contributed by atoms with Crippen molar-refractivity contribution in [1.29, 1.82) is 0 Å². The maximum Gasteiger partial charge on any atom is 0.221 e. The van der Waals surface area contributed by atoms with E-state index >= 15 is 0 Å². The number of carbonyl (C=O) groups is 1. The fraction of sp³-hybridized carbons (Fsp3) is 0.933. The van der Waals surface area contributed by atoms with Crippen molar-refractivity contribution in [2.24, 2.45) is 5.73 Å². The number of morpholine rings is 1. The smallest absolute Gasteiger partial charge is 0.221 e. The average molecular weight is 283 g/mol. The van der Waals surface area contributed by atoms with Crippen molar-refractivity contribution in [3.05, 3.63) is 0 Å². The highest BCUT2D eigenvalue weighted by atomic mass is 16.5. The third-order valence-electron chi connectivity index (χ3n) is 4.39. The van der Waals surface area contributed by atoms with Gasteiger partial charge in [0.1, 0.15) is 0 Å². The average Bonchev–Trinajstić information content (AvgIpc) is 2.43. The Labute approximate surface area is 122 Å². The normalized spacial score (nSPS) is 29.0. The van der Waals surface area contributed by atoms with Crippen LogP contribution >= 0.6 is 0 Å². The Morgan fingerprint density at radius 3 is 2.85 bits per heavy atom. The fourth-order valence-corrected chi connectivity index (χ4v) is 3.51. The van der Waals surface area contributed by atoms with Crippen molar-refractivity contribution in [1.82, 2.24) is 10.2 Å². The summed E-state index contributed by atoms with van der Waals surface area (Å²) in [6.07, 6.45) is 5.69. The quantitative estimate of drug-likeness (QED) is 0.786. The van der Waals surface area contributed by atoms with E-state index in [1.165, 1.54) is 19.3 Å². The molecule has 0 aromatic heterocycles. The van der Waals surface area contributed by atoms with Gasteiger partial charge in [0, 0.05) is 37.6 Å².